The van der Waals surface area contributed by atoms with Crippen LogP contribution in [0.4, 0.5) is 0 Å². The number of carbonyl (C=O) groups excluding carboxylic acids is 1. The van der Waals surface area contributed by atoms with Crippen LogP contribution >= 0.6 is 0 Å². The highest BCUT2D eigenvalue weighted by atomic mass is 16.5. The van der Waals surface area contributed by atoms with Crippen molar-refractivity contribution in [1.29, 1.82) is 0 Å². The summed E-state index contributed by atoms with van der Waals surface area (Å²) in [6.45, 7) is 6.41. The summed E-state index contributed by atoms with van der Waals surface area (Å²) in [5.74, 6) is 1.16. The minimum absolute atomic E-state index is 0.0939. The maximum Gasteiger partial charge on any atom is 0.244 e. The molecule has 2 saturated heterocycles. The minimum Gasteiger partial charge on any atom is -0.344 e. The lowest BCUT2D eigenvalue weighted by Gasteiger charge is -2.35. The molecular weight excluding hydrogens is 268 g/mol. The fourth-order valence-corrected chi connectivity index (χ4v) is 3.68. The monoisotopic (exact) mass is 292 g/mol. The second kappa shape index (κ2) is 5.40. The average Bonchev–Trinajstić information content (AvgIpc) is 3.06. The van der Waals surface area contributed by atoms with Crippen molar-refractivity contribution in [2.75, 3.05) is 6.54 Å². The molecule has 6 heteroatoms. The van der Waals surface area contributed by atoms with Gasteiger partial charge in [0, 0.05) is 13.0 Å². The van der Waals surface area contributed by atoms with E-state index in [4.69, 9.17) is 4.52 Å². The van der Waals surface area contributed by atoms with Gasteiger partial charge in [0.25, 0.3) is 0 Å². The number of nitrogens with one attached hydrogen (secondary N) is 1. The van der Waals surface area contributed by atoms with E-state index in [1.807, 2.05) is 13.8 Å². The molecule has 2 atom stereocenters. The summed E-state index contributed by atoms with van der Waals surface area (Å²) in [4.78, 5) is 18.4. The van der Waals surface area contributed by atoms with Crippen LogP contribution in [0.25, 0.3) is 0 Å². The molecule has 3 heterocycles. The van der Waals surface area contributed by atoms with Crippen molar-refractivity contribution in [3.63, 3.8) is 0 Å². The molecule has 0 bridgehead atoms. The van der Waals surface area contributed by atoms with E-state index < -0.39 is 5.54 Å². The lowest BCUT2D eigenvalue weighted by Crippen LogP contribution is -2.41. The van der Waals surface area contributed by atoms with Gasteiger partial charge in [-0.25, -0.2) is 0 Å². The molecule has 0 aromatic carbocycles. The molecule has 2 aliphatic rings. The lowest BCUT2D eigenvalue weighted by molar-refractivity contribution is -0.120. The van der Waals surface area contributed by atoms with E-state index in [-0.39, 0.29) is 11.9 Å². The van der Waals surface area contributed by atoms with E-state index in [2.05, 4.69) is 20.4 Å². The van der Waals surface area contributed by atoms with Gasteiger partial charge in [-0.05, 0) is 52.5 Å². The smallest absolute Gasteiger partial charge is 0.244 e. The van der Waals surface area contributed by atoms with Crippen LogP contribution in [0.15, 0.2) is 4.52 Å². The number of nitrogens with zero attached hydrogens (tertiary/aromatic N) is 3. The Kier molecular flexibility index (Phi) is 3.73. The van der Waals surface area contributed by atoms with Crippen molar-refractivity contribution >= 4 is 5.91 Å². The van der Waals surface area contributed by atoms with Crippen LogP contribution in [0.3, 0.4) is 0 Å². The quantitative estimate of drug-likeness (QED) is 0.924. The first-order chi connectivity index (χ1) is 9.97. The van der Waals surface area contributed by atoms with Gasteiger partial charge in [0.2, 0.25) is 11.8 Å². The minimum atomic E-state index is -0.605. The van der Waals surface area contributed by atoms with Crippen LogP contribution in [0, 0.1) is 0 Å². The fourth-order valence-electron chi connectivity index (χ4n) is 3.68. The molecule has 1 aromatic heterocycles. The van der Waals surface area contributed by atoms with Gasteiger partial charge in [0.05, 0.1) is 11.6 Å². The van der Waals surface area contributed by atoms with Gasteiger partial charge in [-0.15, -0.1) is 0 Å². The van der Waals surface area contributed by atoms with Gasteiger partial charge >= 0.3 is 0 Å². The zero-order chi connectivity index (χ0) is 15.0. The second-order valence-electron chi connectivity index (χ2n) is 6.74. The molecule has 0 saturated carbocycles. The van der Waals surface area contributed by atoms with Gasteiger partial charge in [-0.2, -0.15) is 4.98 Å². The molecule has 1 aromatic rings. The van der Waals surface area contributed by atoms with Crippen LogP contribution in [0.5, 0.6) is 0 Å². The van der Waals surface area contributed by atoms with Crippen molar-refractivity contribution in [2.45, 2.75) is 70.5 Å². The Balaban J connectivity index is 1.79. The standard InChI is InChI=1S/C15H24N4O2/c1-10(20)17-15(2,3)14-16-13(21-18-14)12-8-4-6-11-7-5-9-19(11)12/h11-12H,4-9H2,1-3H3,(H,17,20). The van der Waals surface area contributed by atoms with E-state index in [1.54, 1.807) is 0 Å². The number of carbonyl (C=O) groups is 1. The van der Waals surface area contributed by atoms with E-state index in [1.165, 1.54) is 32.6 Å². The normalized spacial score (nSPS) is 26.6. The Morgan fingerprint density at radius 3 is 2.86 bits per heavy atom. The third-order valence-corrected chi connectivity index (χ3v) is 4.61. The topological polar surface area (TPSA) is 71.3 Å². The molecule has 2 aliphatic heterocycles. The molecule has 6 nitrogen and oxygen atoms in total. The number of amides is 1. The molecule has 2 fully saturated rings. The third-order valence-electron chi connectivity index (χ3n) is 4.61. The zero-order valence-electron chi connectivity index (χ0n) is 13.1. The molecule has 2 unspecified atom stereocenters. The second-order valence-corrected chi connectivity index (χ2v) is 6.74. The highest BCUT2D eigenvalue weighted by Crippen LogP contribution is 2.38. The van der Waals surface area contributed by atoms with Crippen LogP contribution < -0.4 is 5.32 Å². The average molecular weight is 292 g/mol. The number of aromatic nitrogens is 2. The zero-order valence-corrected chi connectivity index (χ0v) is 13.1. The Hall–Kier alpha value is -1.43. The summed E-state index contributed by atoms with van der Waals surface area (Å²) in [6, 6.07) is 0.933. The Bertz CT molecular complexity index is 525. The Morgan fingerprint density at radius 2 is 2.10 bits per heavy atom. The van der Waals surface area contributed by atoms with Gasteiger partial charge in [0.15, 0.2) is 5.82 Å². The number of piperidine rings is 1. The summed E-state index contributed by atoms with van der Waals surface area (Å²) in [7, 11) is 0. The van der Waals surface area contributed by atoms with Crippen LogP contribution in [0.2, 0.25) is 0 Å². The van der Waals surface area contributed by atoms with Gasteiger partial charge in [0.1, 0.15) is 0 Å². The predicted octanol–water partition coefficient (Wildman–Crippen LogP) is 2.13. The molecule has 0 aliphatic carbocycles. The van der Waals surface area contributed by atoms with Crippen molar-refractivity contribution in [3.05, 3.63) is 11.7 Å². The van der Waals surface area contributed by atoms with Crippen molar-refractivity contribution in [3.8, 4) is 0 Å². The number of fused-ring (bicyclic) bond motifs is 1. The largest absolute Gasteiger partial charge is 0.344 e. The van der Waals surface area contributed by atoms with Crippen LogP contribution in [0.1, 0.15) is 70.6 Å². The number of rotatable bonds is 3. The Labute approximate surface area is 125 Å². The third kappa shape index (κ3) is 2.81. The first kappa shape index (κ1) is 14.5. The fraction of sp³-hybridized carbons (Fsp3) is 0.800. The van der Waals surface area contributed by atoms with Crippen molar-refractivity contribution < 1.29 is 9.32 Å². The molecule has 0 radical (unpaired) electrons. The van der Waals surface area contributed by atoms with Crippen molar-refractivity contribution in [2.24, 2.45) is 0 Å². The van der Waals surface area contributed by atoms with Gasteiger partial charge < -0.3 is 9.84 Å². The highest BCUT2D eigenvalue weighted by Gasteiger charge is 2.38. The predicted molar refractivity (Wildman–Crippen MR) is 77.5 cm³/mol. The maximum absolute atomic E-state index is 11.3. The van der Waals surface area contributed by atoms with Crippen LogP contribution in [-0.4, -0.2) is 33.5 Å². The molecule has 1 amide bonds. The molecule has 116 valence electrons. The molecule has 1 N–H and O–H groups in total. The first-order valence-electron chi connectivity index (χ1n) is 7.86. The van der Waals surface area contributed by atoms with Crippen LogP contribution in [-0.2, 0) is 10.3 Å². The SMILES string of the molecule is CC(=O)NC(C)(C)c1noc(C2CCCC3CCCN32)n1. The van der Waals surface area contributed by atoms with Gasteiger partial charge in [-0.3, -0.25) is 9.69 Å². The first-order valence-corrected chi connectivity index (χ1v) is 7.86. The summed E-state index contributed by atoms with van der Waals surface area (Å²) in [6.07, 6.45) is 6.14. The number of hydrogen-bond acceptors (Lipinski definition) is 5. The van der Waals surface area contributed by atoms with E-state index in [9.17, 15) is 4.79 Å². The molecule has 0 spiro atoms. The number of hydrogen-bond donors (Lipinski definition) is 1. The summed E-state index contributed by atoms with van der Waals surface area (Å²) < 4.78 is 5.53. The van der Waals surface area contributed by atoms with E-state index in [0.29, 0.717) is 17.8 Å². The molecule has 3 rings (SSSR count). The lowest BCUT2D eigenvalue weighted by atomic mass is 9.96. The van der Waals surface area contributed by atoms with Crippen molar-refractivity contribution in [1.82, 2.24) is 20.4 Å². The molecular formula is C15H24N4O2. The van der Waals surface area contributed by atoms with E-state index >= 15 is 0 Å². The summed E-state index contributed by atoms with van der Waals surface area (Å²) >= 11 is 0. The summed E-state index contributed by atoms with van der Waals surface area (Å²) in [5.41, 5.74) is -0.605. The highest BCUT2D eigenvalue weighted by molar-refractivity contribution is 5.73. The van der Waals surface area contributed by atoms with E-state index in [0.717, 1.165) is 13.0 Å². The molecule has 21 heavy (non-hydrogen) atoms. The Morgan fingerprint density at radius 1 is 1.33 bits per heavy atom. The maximum atomic E-state index is 11.3. The van der Waals surface area contributed by atoms with Gasteiger partial charge in [-0.1, -0.05) is 5.16 Å². The summed E-state index contributed by atoms with van der Waals surface area (Å²) in [5, 5.41) is 6.96.